The van der Waals surface area contributed by atoms with Crippen molar-refractivity contribution in [3.8, 4) is 50.7 Å². The highest BCUT2D eigenvalue weighted by Crippen LogP contribution is 2.37. The molecule has 2 aromatic heterocycles. The summed E-state index contributed by atoms with van der Waals surface area (Å²) in [7, 11) is 0. The molecule has 7 aromatic carbocycles. The summed E-state index contributed by atoms with van der Waals surface area (Å²) in [5, 5.41) is 4.91. The lowest BCUT2D eigenvalue weighted by atomic mass is 9.96. The van der Waals surface area contributed by atoms with Crippen LogP contribution in [-0.2, 0) is 0 Å². The summed E-state index contributed by atoms with van der Waals surface area (Å²) in [6.07, 6.45) is 0. The van der Waals surface area contributed by atoms with Crippen LogP contribution in [0, 0.1) is 0 Å². The van der Waals surface area contributed by atoms with Crippen molar-refractivity contribution in [3.63, 3.8) is 0 Å². The molecule has 0 saturated carbocycles. The topological polar surface area (TPSA) is 30.7 Å². The van der Waals surface area contributed by atoms with Gasteiger partial charge >= 0.3 is 0 Å². The van der Waals surface area contributed by atoms with Crippen LogP contribution >= 0.6 is 0 Å². The molecule has 3 nitrogen and oxygen atoms in total. The first-order valence-electron chi connectivity index (χ1n) is 15.9. The first-order chi connectivity index (χ1) is 23.3. The molecule has 0 amide bonds. The van der Waals surface area contributed by atoms with Crippen LogP contribution in [0.25, 0.3) is 83.3 Å². The Morgan fingerprint density at radius 3 is 1.77 bits per heavy atom. The van der Waals surface area contributed by atoms with Gasteiger partial charge in [0.25, 0.3) is 0 Å². The largest absolute Gasteiger partial charge is 0.309 e. The molecule has 0 fully saturated rings. The van der Waals surface area contributed by atoms with E-state index in [0.29, 0.717) is 5.82 Å². The molecule has 9 rings (SSSR count). The molecule has 0 unspecified atom stereocenters. The minimum absolute atomic E-state index is 0.708. The van der Waals surface area contributed by atoms with Crippen molar-refractivity contribution in [2.24, 2.45) is 0 Å². The van der Waals surface area contributed by atoms with E-state index in [-0.39, 0.29) is 0 Å². The Hall–Kier alpha value is -6.32. The van der Waals surface area contributed by atoms with E-state index < -0.39 is 0 Å². The number of para-hydroxylation sites is 2. The van der Waals surface area contributed by atoms with Crippen LogP contribution in [0.15, 0.2) is 176 Å². The Labute approximate surface area is 273 Å². The maximum absolute atomic E-state index is 5.19. The van der Waals surface area contributed by atoms with E-state index >= 15 is 0 Å². The van der Waals surface area contributed by atoms with Gasteiger partial charge in [-0.15, -0.1) is 0 Å². The summed E-state index contributed by atoms with van der Waals surface area (Å²) in [5.41, 5.74) is 10.7. The lowest BCUT2D eigenvalue weighted by Crippen LogP contribution is -1.98. The van der Waals surface area contributed by atoms with Crippen LogP contribution in [-0.4, -0.2) is 14.5 Å². The number of benzene rings is 7. The molecule has 0 saturated heterocycles. The average Bonchev–Trinajstić information content (AvgIpc) is 3.49. The zero-order valence-electron chi connectivity index (χ0n) is 25.6. The third-order valence-corrected chi connectivity index (χ3v) is 9.00. The quantitative estimate of drug-likeness (QED) is 0.197. The molecule has 3 heteroatoms. The minimum Gasteiger partial charge on any atom is -0.309 e. The lowest BCUT2D eigenvalue weighted by molar-refractivity contribution is 1.18. The van der Waals surface area contributed by atoms with Gasteiger partial charge in [-0.05, 0) is 58.3 Å². The van der Waals surface area contributed by atoms with E-state index in [1.807, 2.05) is 18.2 Å². The second-order valence-corrected chi connectivity index (χ2v) is 11.9. The Morgan fingerprint density at radius 1 is 0.362 bits per heavy atom. The fourth-order valence-corrected chi connectivity index (χ4v) is 6.77. The number of fused-ring (bicyclic) bond motifs is 4. The fourth-order valence-electron chi connectivity index (χ4n) is 6.77. The van der Waals surface area contributed by atoms with Gasteiger partial charge in [0.2, 0.25) is 0 Å². The van der Waals surface area contributed by atoms with Crippen molar-refractivity contribution in [2.75, 3.05) is 0 Å². The van der Waals surface area contributed by atoms with Crippen molar-refractivity contribution < 1.29 is 0 Å². The maximum Gasteiger partial charge on any atom is 0.160 e. The summed E-state index contributed by atoms with van der Waals surface area (Å²) in [5.74, 6) is 0.708. The third kappa shape index (κ3) is 4.77. The molecule has 0 aliphatic heterocycles. The highest BCUT2D eigenvalue weighted by atomic mass is 15.0. The van der Waals surface area contributed by atoms with E-state index in [9.17, 15) is 0 Å². The normalized spacial score (nSPS) is 11.4. The first-order valence-corrected chi connectivity index (χ1v) is 15.9. The van der Waals surface area contributed by atoms with E-state index in [2.05, 4.69) is 162 Å². The summed E-state index contributed by atoms with van der Waals surface area (Å²) < 4.78 is 2.37. The predicted molar refractivity (Wildman–Crippen MR) is 196 cm³/mol. The van der Waals surface area contributed by atoms with Crippen molar-refractivity contribution in [3.05, 3.63) is 176 Å². The van der Waals surface area contributed by atoms with Gasteiger partial charge in [-0.25, -0.2) is 9.97 Å². The van der Waals surface area contributed by atoms with Gasteiger partial charge in [-0.3, -0.25) is 0 Å². The summed E-state index contributed by atoms with van der Waals surface area (Å²) in [4.78, 5) is 10.3. The van der Waals surface area contributed by atoms with Gasteiger partial charge < -0.3 is 4.57 Å². The number of nitrogens with zero attached hydrogens (tertiary/aromatic N) is 3. The third-order valence-electron chi connectivity index (χ3n) is 9.00. The summed E-state index contributed by atoms with van der Waals surface area (Å²) >= 11 is 0. The number of aromatic nitrogens is 3. The van der Waals surface area contributed by atoms with Gasteiger partial charge in [-0.2, -0.15) is 0 Å². The van der Waals surface area contributed by atoms with Crippen LogP contribution in [0.3, 0.4) is 0 Å². The molecule has 2 heterocycles. The minimum atomic E-state index is 0.708. The molecule has 220 valence electrons. The standard InChI is InChI=1S/C44H29N3/c1-2-14-31(15-3-1)44-45-40(34-26-25-30-13-4-5-16-32(30)27-34)29-41(46-44)37-20-7-6-19-36(37)33-17-12-18-35(28-33)47-42-23-10-8-21-38(42)39-22-9-11-24-43(39)47/h1-29H. The zero-order chi connectivity index (χ0) is 31.2. The van der Waals surface area contributed by atoms with Crippen LogP contribution in [0.2, 0.25) is 0 Å². The zero-order valence-corrected chi connectivity index (χ0v) is 25.6. The van der Waals surface area contributed by atoms with E-state index in [0.717, 1.165) is 44.9 Å². The average molecular weight is 600 g/mol. The number of hydrogen-bond donors (Lipinski definition) is 0. The SMILES string of the molecule is c1ccc(-c2nc(-c3ccc4ccccc4c3)cc(-c3ccccc3-c3cccc(-n4c5ccccc5c5ccccc54)c3)n2)cc1. The second kappa shape index (κ2) is 11.2. The highest BCUT2D eigenvalue weighted by molar-refractivity contribution is 6.09. The van der Waals surface area contributed by atoms with Gasteiger partial charge in [0.1, 0.15) is 0 Å². The first kappa shape index (κ1) is 27.0. The molecule has 0 atom stereocenters. The smallest absolute Gasteiger partial charge is 0.160 e. The molecule has 0 bridgehead atoms. The number of hydrogen-bond acceptors (Lipinski definition) is 2. The number of rotatable bonds is 5. The second-order valence-electron chi connectivity index (χ2n) is 11.9. The Kier molecular flexibility index (Phi) is 6.46. The monoisotopic (exact) mass is 599 g/mol. The van der Waals surface area contributed by atoms with Crippen LogP contribution in [0.5, 0.6) is 0 Å². The molecule has 0 spiro atoms. The fraction of sp³-hybridized carbons (Fsp3) is 0. The van der Waals surface area contributed by atoms with Crippen molar-refractivity contribution in [2.45, 2.75) is 0 Å². The molecule has 0 radical (unpaired) electrons. The molecular formula is C44H29N3. The Bertz CT molecular complexity index is 2530. The van der Waals surface area contributed by atoms with Gasteiger partial charge in [0.15, 0.2) is 5.82 Å². The van der Waals surface area contributed by atoms with Crippen molar-refractivity contribution in [1.29, 1.82) is 0 Å². The van der Waals surface area contributed by atoms with Gasteiger partial charge in [0, 0.05) is 33.2 Å². The van der Waals surface area contributed by atoms with E-state index in [4.69, 9.17) is 9.97 Å². The summed E-state index contributed by atoms with van der Waals surface area (Å²) in [6.45, 7) is 0. The van der Waals surface area contributed by atoms with E-state index in [1.165, 1.54) is 32.6 Å². The van der Waals surface area contributed by atoms with Crippen LogP contribution in [0.4, 0.5) is 0 Å². The molecule has 47 heavy (non-hydrogen) atoms. The Balaban J connectivity index is 1.22. The summed E-state index contributed by atoms with van der Waals surface area (Å²) in [6, 6.07) is 62.1. The molecule has 0 N–H and O–H groups in total. The maximum atomic E-state index is 5.19. The molecular weight excluding hydrogens is 571 g/mol. The molecule has 9 aromatic rings. The van der Waals surface area contributed by atoms with E-state index in [1.54, 1.807) is 0 Å². The Morgan fingerprint density at radius 2 is 0.979 bits per heavy atom. The predicted octanol–water partition coefficient (Wildman–Crippen LogP) is 11.4. The molecule has 0 aliphatic carbocycles. The lowest BCUT2D eigenvalue weighted by Gasteiger charge is -2.15. The van der Waals surface area contributed by atoms with Crippen LogP contribution < -0.4 is 0 Å². The van der Waals surface area contributed by atoms with Crippen molar-refractivity contribution in [1.82, 2.24) is 14.5 Å². The van der Waals surface area contributed by atoms with Crippen LogP contribution in [0.1, 0.15) is 0 Å². The van der Waals surface area contributed by atoms with Crippen molar-refractivity contribution >= 4 is 32.6 Å². The van der Waals surface area contributed by atoms with Gasteiger partial charge in [-0.1, -0.05) is 140 Å². The highest BCUT2D eigenvalue weighted by Gasteiger charge is 2.16. The molecule has 0 aliphatic rings. The van der Waals surface area contributed by atoms with Gasteiger partial charge in [0.05, 0.1) is 22.4 Å².